The highest BCUT2D eigenvalue weighted by molar-refractivity contribution is 9.10. The van der Waals surface area contributed by atoms with Crippen molar-refractivity contribution in [1.82, 2.24) is 0 Å². The van der Waals surface area contributed by atoms with Crippen molar-refractivity contribution in [3.8, 4) is 0 Å². The van der Waals surface area contributed by atoms with Crippen molar-refractivity contribution in [3.05, 3.63) is 33.0 Å². The summed E-state index contributed by atoms with van der Waals surface area (Å²) in [6.07, 6.45) is 0. The van der Waals surface area contributed by atoms with Gasteiger partial charge in [-0.15, -0.1) is 0 Å². The quantitative estimate of drug-likeness (QED) is 0.829. The Morgan fingerprint density at radius 1 is 1.57 bits per heavy atom. The first-order chi connectivity index (χ1) is 6.49. The molecule has 4 heteroatoms. The molecule has 1 aromatic rings. The van der Waals surface area contributed by atoms with Crippen molar-refractivity contribution >= 4 is 21.7 Å². The number of nitrogens with two attached hydrogens (primary N) is 1. The summed E-state index contributed by atoms with van der Waals surface area (Å²) in [5, 5.41) is 0. The van der Waals surface area contributed by atoms with Crippen molar-refractivity contribution < 1.29 is 9.18 Å². The Bertz CT molecular complexity index is 364. The Morgan fingerprint density at radius 3 is 2.64 bits per heavy atom. The molecule has 0 saturated heterocycles. The molecule has 1 aromatic carbocycles. The molecule has 0 spiro atoms. The molecule has 0 unspecified atom stereocenters. The average molecular weight is 260 g/mol. The fraction of sp³-hybridized carbons (Fsp3) is 0.300. The van der Waals surface area contributed by atoms with Gasteiger partial charge in [0.25, 0.3) is 0 Å². The Kier molecular flexibility index (Phi) is 3.39. The second kappa shape index (κ2) is 4.19. The summed E-state index contributed by atoms with van der Waals surface area (Å²) in [6, 6.07) is 1.65. The van der Waals surface area contributed by atoms with Crippen LogP contribution >= 0.6 is 15.9 Å². The van der Waals surface area contributed by atoms with E-state index in [0.29, 0.717) is 11.1 Å². The maximum absolute atomic E-state index is 13.6. The number of halogens is 2. The van der Waals surface area contributed by atoms with Crippen LogP contribution in [0.2, 0.25) is 0 Å². The van der Waals surface area contributed by atoms with Gasteiger partial charge >= 0.3 is 0 Å². The predicted molar refractivity (Wildman–Crippen MR) is 57.0 cm³/mol. The number of rotatable bonds is 2. The molecule has 0 heterocycles. The maximum Gasteiger partial charge on any atom is 0.179 e. The van der Waals surface area contributed by atoms with Crippen molar-refractivity contribution in [2.24, 2.45) is 5.73 Å². The molecular formula is C10H11BrFNO. The third-order valence-electron chi connectivity index (χ3n) is 2.11. The number of aryl methyl sites for hydroxylation is 1. The zero-order valence-electron chi connectivity index (χ0n) is 8.03. The van der Waals surface area contributed by atoms with E-state index in [4.69, 9.17) is 5.73 Å². The summed E-state index contributed by atoms with van der Waals surface area (Å²) in [5.41, 5.74) is 6.35. The second-order valence-electron chi connectivity index (χ2n) is 3.12. The fourth-order valence-corrected chi connectivity index (χ4v) is 1.82. The highest BCUT2D eigenvalue weighted by Gasteiger charge is 2.17. The van der Waals surface area contributed by atoms with E-state index >= 15 is 0 Å². The van der Waals surface area contributed by atoms with Crippen LogP contribution in [0, 0.1) is 19.7 Å². The molecule has 0 amide bonds. The summed E-state index contributed by atoms with van der Waals surface area (Å²) in [6.45, 7) is 3.13. The first-order valence-corrected chi connectivity index (χ1v) is 4.96. The normalized spacial score (nSPS) is 10.4. The van der Waals surface area contributed by atoms with E-state index in [1.165, 1.54) is 0 Å². The summed E-state index contributed by atoms with van der Waals surface area (Å²) in [4.78, 5) is 11.4. The minimum absolute atomic E-state index is 0.0966. The molecule has 2 nitrogen and oxygen atoms in total. The third-order valence-corrected chi connectivity index (χ3v) is 2.93. The van der Waals surface area contributed by atoms with Gasteiger partial charge in [0.05, 0.1) is 12.1 Å². The van der Waals surface area contributed by atoms with Crippen molar-refractivity contribution in [3.63, 3.8) is 0 Å². The first-order valence-electron chi connectivity index (χ1n) is 4.17. The first kappa shape index (κ1) is 11.3. The van der Waals surface area contributed by atoms with E-state index in [-0.39, 0.29) is 17.9 Å². The lowest BCUT2D eigenvalue weighted by Gasteiger charge is -2.09. The highest BCUT2D eigenvalue weighted by atomic mass is 79.9. The van der Waals surface area contributed by atoms with Gasteiger partial charge in [-0.05, 0) is 31.0 Å². The third kappa shape index (κ3) is 1.86. The lowest BCUT2D eigenvalue weighted by Crippen LogP contribution is -2.17. The van der Waals surface area contributed by atoms with Crippen LogP contribution in [-0.4, -0.2) is 12.3 Å². The van der Waals surface area contributed by atoms with Gasteiger partial charge in [0.15, 0.2) is 5.78 Å². The molecule has 0 radical (unpaired) electrons. The van der Waals surface area contributed by atoms with Crippen LogP contribution in [0.4, 0.5) is 4.39 Å². The van der Waals surface area contributed by atoms with Gasteiger partial charge in [0.2, 0.25) is 0 Å². The van der Waals surface area contributed by atoms with Crippen molar-refractivity contribution in [1.29, 1.82) is 0 Å². The average Bonchev–Trinajstić information content (AvgIpc) is 2.15. The van der Waals surface area contributed by atoms with Gasteiger partial charge < -0.3 is 5.73 Å². The number of benzene rings is 1. The molecule has 0 aromatic heterocycles. The number of carbonyl (C=O) groups is 1. The van der Waals surface area contributed by atoms with E-state index in [2.05, 4.69) is 15.9 Å². The standard InChI is InChI=1S/C10H11BrFNO/c1-5-3-7(11)6(2)9(10(5)12)8(14)4-13/h3H,4,13H2,1-2H3. The van der Waals surface area contributed by atoms with E-state index in [9.17, 15) is 9.18 Å². The van der Waals surface area contributed by atoms with Gasteiger partial charge in [-0.1, -0.05) is 15.9 Å². The number of carbonyl (C=O) groups excluding carboxylic acids is 1. The zero-order valence-corrected chi connectivity index (χ0v) is 9.61. The Labute approximate surface area is 90.4 Å². The Hall–Kier alpha value is -0.740. The summed E-state index contributed by atoms with van der Waals surface area (Å²) >= 11 is 3.27. The second-order valence-corrected chi connectivity index (χ2v) is 3.97. The largest absolute Gasteiger partial charge is 0.324 e. The van der Waals surface area contributed by atoms with Gasteiger partial charge in [-0.25, -0.2) is 4.39 Å². The lowest BCUT2D eigenvalue weighted by atomic mass is 10.0. The topological polar surface area (TPSA) is 43.1 Å². The molecule has 0 bridgehead atoms. The lowest BCUT2D eigenvalue weighted by molar-refractivity contribution is 0.0996. The number of ketones is 1. The molecule has 0 fully saturated rings. The molecule has 0 aliphatic carbocycles. The zero-order chi connectivity index (χ0) is 10.9. The van der Waals surface area contributed by atoms with E-state index < -0.39 is 5.82 Å². The van der Waals surface area contributed by atoms with Gasteiger partial charge in [0.1, 0.15) is 5.82 Å². The van der Waals surface area contributed by atoms with E-state index in [0.717, 1.165) is 4.47 Å². The van der Waals surface area contributed by atoms with Crippen LogP contribution in [0.3, 0.4) is 0 Å². The molecule has 0 aliphatic heterocycles. The minimum atomic E-state index is -0.471. The Morgan fingerprint density at radius 2 is 2.14 bits per heavy atom. The highest BCUT2D eigenvalue weighted by Crippen LogP contribution is 2.25. The molecule has 1 rings (SSSR count). The van der Waals surface area contributed by atoms with Crippen LogP contribution in [0.5, 0.6) is 0 Å². The molecule has 0 saturated carbocycles. The molecule has 76 valence electrons. The number of hydrogen-bond acceptors (Lipinski definition) is 2. The van der Waals surface area contributed by atoms with Crippen molar-refractivity contribution in [2.75, 3.05) is 6.54 Å². The predicted octanol–water partition coefficient (Wildman–Crippen LogP) is 2.35. The van der Waals surface area contributed by atoms with Crippen LogP contribution in [-0.2, 0) is 0 Å². The van der Waals surface area contributed by atoms with Crippen LogP contribution < -0.4 is 5.73 Å². The molecular weight excluding hydrogens is 249 g/mol. The van der Waals surface area contributed by atoms with E-state index in [1.54, 1.807) is 19.9 Å². The van der Waals surface area contributed by atoms with Crippen LogP contribution in [0.1, 0.15) is 21.5 Å². The van der Waals surface area contributed by atoms with Gasteiger partial charge in [0, 0.05) is 4.47 Å². The van der Waals surface area contributed by atoms with Crippen molar-refractivity contribution in [2.45, 2.75) is 13.8 Å². The number of Topliss-reactive ketones (excluding diaryl/α,β-unsaturated/α-hetero) is 1. The maximum atomic E-state index is 13.6. The molecule has 14 heavy (non-hydrogen) atoms. The number of hydrogen-bond donors (Lipinski definition) is 1. The fourth-order valence-electron chi connectivity index (χ4n) is 1.28. The molecule has 2 N–H and O–H groups in total. The van der Waals surface area contributed by atoms with Gasteiger partial charge in [-0.3, -0.25) is 4.79 Å². The van der Waals surface area contributed by atoms with Gasteiger partial charge in [-0.2, -0.15) is 0 Å². The molecule has 0 atom stereocenters. The molecule has 0 aliphatic rings. The summed E-state index contributed by atoms with van der Waals surface area (Å²) < 4.78 is 14.3. The van der Waals surface area contributed by atoms with Crippen LogP contribution in [0.15, 0.2) is 10.5 Å². The minimum Gasteiger partial charge on any atom is -0.324 e. The SMILES string of the molecule is Cc1cc(Br)c(C)c(C(=O)CN)c1F. The monoisotopic (exact) mass is 259 g/mol. The van der Waals surface area contributed by atoms with Crippen LogP contribution in [0.25, 0.3) is 0 Å². The summed E-state index contributed by atoms with van der Waals surface area (Å²) in [7, 11) is 0. The summed E-state index contributed by atoms with van der Waals surface area (Å²) in [5.74, 6) is -0.842. The Balaban J connectivity index is 3.47. The smallest absolute Gasteiger partial charge is 0.179 e. The van der Waals surface area contributed by atoms with E-state index in [1.807, 2.05) is 0 Å².